The van der Waals surface area contributed by atoms with Gasteiger partial charge in [0.15, 0.2) is 0 Å². The Labute approximate surface area is 156 Å². The van der Waals surface area contributed by atoms with Gasteiger partial charge in [-0.05, 0) is 42.7 Å². The highest BCUT2D eigenvalue weighted by Crippen LogP contribution is 2.28. The minimum absolute atomic E-state index is 0.00375. The number of ether oxygens (including phenoxy) is 1. The highest BCUT2D eigenvalue weighted by molar-refractivity contribution is 5.96. The van der Waals surface area contributed by atoms with Crippen LogP contribution < -0.4 is 10.5 Å². The van der Waals surface area contributed by atoms with Gasteiger partial charge in [-0.3, -0.25) is 14.4 Å². The second-order valence-electron chi connectivity index (χ2n) is 6.41. The van der Waals surface area contributed by atoms with E-state index in [1.165, 1.54) is 4.90 Å². The number of carboxylic acids is 1. The molecule has 0 atom stereocenters. The van der Waals surface area contributed by atoms with Crippen LogP contribution in [0.4, 0.5) is 0 Å². The van der Waals surface area contributed by atoms with Gasteiger partial charge in [0.2, 0.25) is 0 Å². The van der Waals surface area contributed by atoms with Crippen molar-refractivity contribution >= 4 is 17.8 Å². The largest absolute Gasteiger partial charge is 0.488 e. The van der Waals surface area contributed by atoms with Crippen LogP contribution in [0.1, 0.15) is 39.1 Å². The van der Waals surface area contributed by atoms with Crippen LogP contribution in [0.5, 0.6) is 5.75 Å². The number of carboxylic acid groups (broad SMARTS) is 1. The van der Waals surface area contributed by atoms with Crippen LogP contribution in [0.2, 0.25) is 0 Å². The summed E-state index contributed by atoms with van der Waals surface area (Å²) in [4.78, 5) is 36.6. The van der Waals surface area contributed by atoms with Crippen molar-refractivity contribution in [1.29, 1.82) is 0 Å². The highest BCUT2D eigenvalue weighted by Gasteiger charge is 2.34. The zero-order valence-electron chi connectivity index (χ0n) is 14.6. The molecule has 27 heavy (non-hydrogen) atoms. The van der Waals surface area contributed by atoms with Crippen LogP contribution in [0.3, 0.4) is 0 Å². The molecular weight excluding hydrogens is 348 g/mol. The van der Waals surface area contributed by atoms with Crippen molar-refractivity contribution in [3.63, 3.8) is 0 Å². The normalized spacial score (nSPS) is 13.0. The lowest BCUT2D eigenvalue weighted by atomic mass is 10.1. The van der Waals surface area contributed by atoms with Gasteiger partial charge in [-0.2, -0.15) is 0 Å². The smallest absolute Gasteiger partial charge is 0.323 e. The Balaban J connectivity index is 1.73. The number of hydrogen-bond donors (Lipinski definition) is 2. The van der Waals surface area contributed by atoms with Crippen LogP contribution >= 0.6 is 0 Å². The Hall–Kier alpha value is -3.35. The number of carbonyl (C=O) groups is 3. The Kier molecular flexibility index (Phi) is 5.40. The van der Waals surface area contributed by atoms with Crippen molar-refractivity contribution in [1.82, 2.24) is 4.90 Å². The molecule has 1 aliphatic carbocycles. The number of aliphatic carboxylic acids is 1. The second kappa shape index (κ2) is 7.90. The van der Waals surface area contributed by atoms with Crippen molar-refractivity contribution in [2.45, 2.75) is 25.5 Å². The maximum atomic E-state index is 12.7. The van der Waals surface area contributed by atoms with Gasteiger partial charge in [0.05, 0.1) is 5.56 Å². The summed E-state index contributed by atoms with van der Waals surface area (Å²) in [5, 5.41) is 9.04. The van der Waals surface area contributed by atoms with E-state index in [-0.39, 0.29) is 30.7 Å². The SMILES string of the molecule is NC(=O)c1ccccc1OCc1cccc(C(=O)N(CC(=O)O)C2CC2)c1. The molecule has 7 nitrogen and oxygen atoms in total. The molecule has 1 saturated carbocycles. The number of hydrogen-bond acceptors (Lipinski definition) is 4. The lowest BCUT2D eigenvalue weighted by molar-refractivity contribution is -0.137. The lowest BCUT2D eigenvalue weighted by Gasteiger charge is -2.20. The Morgan fingerprint density at radius 3 is 2.52 bits per heavy atom. The maximum absolute atomic E-state index is 12.7. The summed E-state index contributed by atoms with van der Waals surface area (Å²) in [7, 11) is 0. The third-order valence-corrected chi connectivity index (χ3v) is 4.27. The lowest BCUT2D eigenvalue weighted by Crippen LogP contribution is -2.37. The van der Waals surface area contributed by atoms with E-state index >= 15 is 0 Å². The molecule has 0 aliphatic heterocycles. The predicted octanol–water partition coefficient (Wildman–Crippen LogP) is 2.05. The zero-order valence-corrected chi connectivity index (χ0v) is 14.6. The molecule has 2 amide bonds. The standard InChI is InChI=1S/C20H20N2O5/c21-19(25)16-6-1-2-7-17(16)27-12-13-4-3-5-14(10-13)20(26)22(11-18(23)24)15-8-9-15/h1-7,10,15H,8-9,11-12H2,(H2,21,25)(H,23,24). The van der Waals surface area contributed by atoms with Gasteiger partial charge in [0, 0.05) is 11.6 Å². The van der Waals surface area contributed by atoms with Gasteiger partial charge >= 0.3 is 5.97 Å². The number of benzene rings is 2. The fourth-order valence-electron chi connectivity index (χ4n) is 2.82. The van der Waals surface area contributed by atoms with Crippen molar-refractivity contribution < 1.29 is 24.2 Å². The number of nitrogens with zero attached hydrogens (tertiary/aromatic N) is 1. The first-order valence-electron chi connectivity index (χ1n) is 8.59. The van der Waals surface area contributed by atoms with E-state index in [4.69, 9.17) is 15.6 Å². The first kappa shape index (κ1) is 18.4. The monoisotopic (exact) mass is 368 g/mol. The fourth-order valence-corrected chi connectivity index (χ4v) is 2.82. The molecule has 2 aromatic carbocycles. The summed E-state index contributed by atoms with van der Waals surface area (Å²) < 4.78 is 5.68. The van der Waals surface area contributed by atoms with E-state index in [1.54, 1.807) is 48.5 Å². The van der Waals surface area contributed by atoms with E-state index in [1.807, 2.05) is 0 Å². The molecule has 0 aromatic heterocycles. The molecule has 3 rings (SSSR count). The summed E-state index contributed by atoms with van der Waals surface area (Å²) in [5.74, 6) is -1.55. The summed E-state index contributed by atoms with van der Waals surface area (Å²) in [6, 6.07) is 13.5. The van der Waals surface area contributed by atoms with Gasteiger partial charge in [-0.15, -0.1) is 0 Å². The maximum Gasteiger partial charge on any atom is 0.323 e. The van der Waals surface area contributed by atoms with Crippen molar-refractivity contribution in [3.8, 4) is 5.75 Å². The van der Waals surface area contributed by atoms with Crippen LogP contribution in [0.15, 0.2) is 48.5 Å². The van der Waals surface area contributed by atoms with Crippen LogP contribution in [0.25, 0.3) is 0 Å². The van der Waals surface area contributed by atoms with E-state index in [0.29, 0.717) is 11.3 Å². The van der Waals surface area contributed by atoms with Gasteiger partial charge in [0.1, 0.15) is 18.9 Å². The van der Waals surface area contributed by atoms with Gasteiger partial charge in [0.25, 0.3) is 11.8 Å². The molecular formula is C20H20N2O5. The number of carbonyl (C=O) groups excluding carboxylic acids is 2. The third kappa shape index (κ3) is 4.63. The summed E-state index contributed by atoms with van der Waals surface area (Å²) in [6.45, 7) is -0.163. The zero-order chi connectivity index (χ0) is 19.4. The molecule has 0 heterocycles. The van der Waals surface area contributed by atoms with E-state index in [0.717, 1.165) is 18.4 Å². The molecule has 0 unspecified atom stereocenters. The molecule has 3 N–H and O–H groups in total. The molecule has 140 valence electrons. The van der Waals surface area contributed by atoms with Crippen LogP contribution in [-0.4, -0.2) is 40.4 Å². The van der Waals surface area contributed by atoms with Crippen molar-refractivity contribution in [2.24, 2.45) is 5.73 Å². The van der Waals surface area contributed by atoms with Crippen molar-refractivity contribution in [2.75, 3.05) is 6.54 Å². The molecule has 7 heteroatoms. The first-order valence-corrected chi connectivity index (χ1v) is 8.59. The van der Waals surface area contributed by atoms with Crippen LogP contribution in [0, 0.1) is 0 Å². The molecule has 2 aromatic rings. The molecule has 0 radical (unpaired) electrons. The summed E-state index contributed by atoms with van der Waals surface area (Å²) >= 11 is 0. The van der Waals surface area contributed by atoms with Gasteiger partial charge in [-0.25, -0.2) is 0 Å². The second-order valence-corrected chi connectivity index (χ2v) is 6.41. The Morgan fingerprint density at radius 1 is 1.11 bits per heavy atom. The average Bonchev–Trinajstić information content (AvgIpc) is 3.49. The molecule has 0 saturated heterocycles. The van der Waals surface area contributed by atoms with Crippen LogP contribution in [-0.2, 0) is 11.4 Å². The number of primary amides is 1. The van der Waals surface area contributed by atoms with E-state index in [2.05, 4.69) is 0 Å². The molecule has 1 fully saturated rings. The van der Waals surface area contributed by atoms with Gasteiger partial charge < -0.3 is 20.5 Å². The number of amides is 2. The molecule has 0 bridgehead atoms. The van der Waals surface area contributed by atoms with E-state index in [9.17, 15) is 14.4 Å². The van der Waals surface area contributed by atoms with E-state index < -0.39 is 11.9 Å². The molecule has 0 spiro atoms. The quantitative estimate of drug-likeness (QED) is 0.741. The Bertz CT molecular complexity index is 876. The number of rotatable bonds is 8. The topological polar surface area (TPSA) is 110 Å². The number of nitrogens with two attached hydrogens (primary N) is 1. The minimum Gasteiger partial charge on any atom is -0.488 e. The summed E-state index contributed by atoms with van der Waals surface area (Å²) in [5.41, 5.74) is 6.76. The molecule has 1 aliphatic rings. The highest BCUT2D eigenvalue weighted by atomic mass is 16.5. The third-order valence-electron chi connectivity index (χ3n) is 4.27. The fraction of sp³-hybridized carbons (Fsp3) is 0.250. The first-order chi connectivity index (χ1) is 13.0. The predicted molar refractivity (Wildman–Crippen MR) is 97.4 cm³/mol. The summed E-state index contributed by atoms with van der Waals surface area (Å²) in [6.07, 6.45) is 1.65. The minimum atomic E-state index is -1.03. The van der Waals surface area contributed by atoms with Crippen molar-refractivity contribution in [3.05, 3.63) is 65.2 Å². The average molecular weight is 368 g/mol. The van der Waals surface area contributed by atoms with Gasteiger partial charge in [-0.1, -0.05) is 24.3 Å². The Morgan fingerprint density at radius 2 is 1.85 bits per heavy atom. The number of para-hydroxylation sites is 1.